The highest BCUT2D eigenvalue weighted by molar-refractivity contribution is 7.16. The Morgan fingerprint density at radius 2 is 2.16 bits per heavy atom. The number of hydrogen-bond acceptors (Lipinski definition) is 4. The van der Waals surface area contributed by atoms with Gasteiger partial charge in [-0.25, -0.2) is 4.99 Å². The number of phenolic OH excluding ortho intramolecular Hbond substituents is 1. The molecule has 0 spiro atoms. The average Bonchev–Trinajstić information content (AvgIpc) is 2.91. The van der Waals surface area contributed by atoms with Crippen LogP contribution >= 0.6 is 22.9 Å². The van der Waals surface area contributed by atoms with Crippen molar-refractivity contribution >= 4 is 34.2 Å². The molecule has 0 unspecified atom stereocenters. The molecule has 0 saturated carbocycles. The van der Waals surface area contributed by atoms with Crippen LogP contribution in [0.15, 0.2) is 23.2 Å². The number of hydrogen-bond donors (Lipinski definition) is 1. The third-order valence-electron chi connectivity index (χ3n) is 4.89. The summed E-state index contributed by atoms with van der Waals surface area (Å²) >= 11 is 7.56. The first kappa shape index (κ1) is 18.0. The Balaban J connectivity index is 1.91. The number of rotatable bonds is 2. The number of thiophene rings is 1. The Morgan fingerprint density at radius 3 is 2.80 bits per heavy atom. The van der Waals surface area contributed by atoms with Crippen molar-refractivity contribution < 1.29 is 5.11 Å². The summed E-state index contributed by atoms with van der Waals surface area (Å²) in [5, 5.41) is 20.2. The van der Waals surface area contributed by atoms with Crippen LogP contribution in [0.3, 0.4) is 0 Å². The number of phenols is 1. The van der Waals surface area contributed by atoms with E-state index in [9.17, 15) is 10.4 Å². The summed E-state index contributed by atoms with van der Waals surface area (Å²) < 4.78 is 0. The van der Waals surface area contributed by atoms with Crippen LogP contribution in [0.4, 0.5) is 5.00 Å². The van der Waals surface area contributed by atoms with E-state index in [0.29, 0.717) is 16.5 Å². The summed E-state index contributed by atoms with van der Waals surface area (Å²) in [6.45, 7) is 6.86. The van der Waals surface area contributed by atoms with Crippen LogP contribution in [-0.2, 0) is 12.8 Å². The highest BCUT2D eigenvalue weighted by Crippen LogP contribution is 2.44. The van der Waals surface area contributed by atoms with Crippen molar-refractivity contribution in [3.63, 3.8) is 0 Å². The molecule has 25 heavy (non-hydrogen) atoms. The van der Waals surface area contributed by atoms with Gasteiger partial charge < -0.3 is 5.11 Å². The summed E-state index contributed by atoms with van der Waals surface area (Å²) in [6, 6.07) is 7.30. The fourth-order valence-corrected chi connectivity index (χ4v) is 4.66. The minimum atomic E-state index is 0.0522. The fraction of sp³-hybridized carbons (Fsp3) is 0.400. The number of halogens is 1. The molecule has 3 rings (SSSR count). The van der Waals surface area contributed by atoms with E-state index in [1.165, 1.54) is 10.4 Å². The molecule has 1 N–H and O–H groups in total. The lowest BCUT2D eigenvalue weighted by Crippen LogP contribution is -2.26. The normalized spacial score (nSPS) is 17.5. The number of aromatic hydroxyl groups is 1. The van der Waals surface area contributed by atoms with E-state index >= 15 is 0 Å². The molecule has 1 heterocycles. The van der Waals surface area contributed by atoms with Gasteiger partial charge in [-0.2, -0.15) is 5.26 Å². The molecular weight excluding hydrogens is 352 g/mol. The highest BCUT2D eigenvalue weighted by atomic mass is 35.5. The maximum atomic E-state index is 9.60. The average molecular weight is 373 g/mol. The van der Waals surface area contributed by atoms with Gasteiger partial charge in [0.2, 0.25) is 0 Å². The molecule has 1 aliphatic rings. The third kappa shape index (κ3) is 3.73. The molecule has 0 fully saturated rings. The highest BCUT2D eigenvalue weighted by Gasteiger charge is 2.32. The van der Waals surface area contributed by atoms with Crippen molar-refractivity contribution in [1.82, 2.24) is 0 Å². The monoisotopic (exact) mass is 372 g/mol. The van der Waals surface area contributed by atoms with Crippen LogP contribution in [-0.4, -0.2) is 11.3 Å². The lowest BCUT2D eigenvalue weighted by atomic mass is 9.72. The fourth-order valence-electron chi connectivity index (χ4n) is 3.25. The lowest BCUT2D eigenvalue weighted by Gasteiger charge is -2.33. The van der Waals surface area contributed by atoms with Crippen molar-refractivity contribution in [1.29, 1.82) is 5.26 Å². The molecule has 130 valence electrons. The first-order valence-corrected chi connectivity index (χ1v) is 9.56. The Bertz CT molecular complexity index is 871. The van der Waals surface area contributed by atoms with Crippen molar-refractivity contribution in [3.05, 3.63) is 44.8 Å². The lowest BCUT2D eigenvalue weighted by molar-refractivity contribution is 0.218. The molecule has 1 aliphatic carbocycles. The summed E-state index contributed by atoms with van der Waals surface area (Å²) in [5.41, 5.74) is 2.98. The Morgan fingerprint density at radius 1 is 1.40 bits per heavy atom. The Kier molecular flexibility index (Phi) is 4.90. The molecule has 0 aliphatic heterocycles. The third-order valence-corrected chi connectivity index (χ3v) is 6.35. The predicted octanol–water partition coefficient (Wildman–Crippen LogP) is 5.88. The van der Waals surface area contributed by atoms with E-state index in [-0.39, 0.29) is 11.2 Å². The van der Waals surface area contributed by atoms with Gasteiger partial charge in [0.05, 0.1) is 10.6 Å². The van der Waals surface area contributed by atoms with E-state index in [1.807, 2.05) is 0 Å². The summed E-state index contributed by atoms with van der Waals surface area (Å²) in [7, 11) is 0. The van der Waals surface area contributed by atoms with Crippen LogP contribution in [0, 0.1) is 22.7 Å². The molecule has 5 heteroatoms. The van der Waals surface area contributed by atoms with E-state index < -0.39 is 0 Å². The first-order valence-electron chi connectivity index (χ1n) is 8.37. The van der Waals surface area contributed by atoms with E-state index in [2.05, 4.69) is 31.8 Å². The Hall–Kier alpha value is -1.83. The van der Waals surface area contributed by atoms with Crippen molar-refractivity contribution in [2.45, 2.75) is 40.0 Å². The maximum absolute atomic E-state index is 9.60. The van der Waals surface area contributed by atoms with Gasteiger partial charge in [-0.1, -0.05) is 32.4 Å². The number of benzene rings is 1. The van der Waals surface area contributed by atoms with Crippen LogP contribution in [0.1, 0.15) is 48.8 Å². The van der Waals surface area contributed by atoms with Gasteiger partial charge >= 0.3 is 0 Å². The molecule has 0 bridgehead atoms. The first-order chi connectivity index (χ1) is 11.8. The molecule has 1 atom stereocenters. The van der Waals surface area contributed by atoms with Crippen LogP contribution in [0.2, 0.25) is 5.02 Å². The minimum absolute atomic E-state index is 0.0522. The van der Waals surface area contributed by atoms with Gasteiger partial charge in [0, 0.05) is 11.1 Å². The van der Waals surface area contributed by atoms with Crippen LogP contribution < -0.4 is 0 Å². The zero-order chi connectivity index (χ0) is 18.2. The summed E-state index contributed by atoms with van der Waals surface area (Å²) in [4.78, 5) is 5.85. The van der Waals surface area contributed by atoms with Gasteiger partial charge in [-0.05, 0) is 59.9 Å². The standard InChI is InChI=1S/C20H21ClN2OS/c1-20(2,3)13-5-6-14-15(10-22)19(25-18(14)9-13)23-11-12-4-7-17(24)16(21)8-12/h4,7-8,11,13,24H,5-6,9H2,1-3H3/t13-/m1/s1. The number of aliphatic imine (C=N–C) groups is 1. The largest absolute Gasteiger partial charge is 0.506 e. The number of fused-ring (bicyclic) bond motifs is 1. The molecule has 1 aromatic heterocycles. The van der Waals surface area contributed by atoms with E-state index in [4.69, 9.17) is 11.6 Å². The van der Waals surface area contributed by atoms with E-state index in [1.54, 1.807) is 35.8 Å². The van der Waals surface area contributed by atoms with Gasteiger partial charge in [0.1, 0.15) is 16.8 Å². The smallest absolute Gasteiger partial charge is 0.134 e. The van der Waals surface area contributed by atoms with Crippen molar-refractivity contribution in [3.8, 4) is 11.8 Å². The minimum Gasteiger partial charge on any atom is -0.506 e. The summed E-state index contributed by atoms with van der Waals surface area (Å²) in [5.74, 6) is 0.689. The number of nitriles is 1. The van der Waals surface area contributed by atoms with Gasteiger partial charge in [-0.15, -0.1) is 11.3 Å². The predicted molar refractivity (Wildman–Crippen MR) is 104 cm³/mol. The van der Waals surface area contributed by atoms with Crippen molar-refractivity contribution in [2.75, 3.05) is 0 Å². The zero-order valence-corrected chi connectivity index (χ0v) is 16.2. The second-order valence-corrected chi connectivity index (χ2v) is 9.06. The van der Waals surface area contributed by atoms with Gasteiger partial charge in [0.15, 0.2) is 0 Å². The van der Waals surface area contributed by atoms with Gasteiger partial charge in [-0.3, -0.25) is 0 Å². The molecule has 0 radical (unpaired) electrons. The van der Waals surface area contributed by atoms with Crippen LogP contribution in [0.5, 0.6) is 5.75 Å². The quantitative estimate of drug-likeness (QED) is 0.669. The SMILES string of the molecule is CC(C)(C)[C@@H]1CCc2c(sc(N=Cc3ccc(O)c(Cl)c3)c2C#N)C1. The van der Waals surface area contributed by atoms with Gasteiger partial charge in [0.25, 0.3) is 0 Å². The second-order valence-electron chi connectivity index (χ2n) is 7.57. The Labute approximate surface area is 157 Å². The maximum Gasteiger partial charge on any atom is 0.134 e. The molecule has 0 amide bonds. The zero-order valence-electron chi connectivity index (χ0n) is 14.6. The van der Waals surface area contributed by atoms with Crippen molar-refractivity contribution in [2.24, 2.45) is 16.3 Å². The van der Waals surface area contributed by atoms with Crippen LogP contribution in [0.25, 0.3) is 0 Å². The molecule has 0 saturated heterocycles. The summed E-state index contributed by atoms with van der Waals surface area (Å²) in [6.07, 6.45) is 4.80. The molecule has 1 aromatic carbocycles. The van der Waals surface area contributed by atoms with E-state index in [0.717, 1.165) is 29.8 Å². The molecular formula is C20H21ClN2OS. The number of nitrogens with zero attached hydrogens (tertiary/aromatic N) is 2. The molecule has 2 aromatic rings. The second kappa shape index (κ2) is 6.82. The topological polar surface area (TPSA) is 56.4 Å². The molecule has 3 nitrogen and oxygen atoms in total.